The summed E-state index contributed by atoms with van der Waals surface area (Å²) in [6, 6.07) is 0.0823. The van der Waals surface area contributed by atoms with Crippen LogP contribution in [0.25, 0.3) is 0 Å². The van der Waals surface area contributed by atoms with Crippen LogP contribution in [0, 0.1) is 12.8 Å². The van der Waals surface area contributed by atoms with Crippen LogP contribution in [-0.4, -0.2) is 48.8 Å². The van der Waals surface area contributed by atoms with Crippen LogP contribution < -0.4 is 5.32 Å². The fourth-order valence-electron chi connectivity index (χ4n) is 2.63. The van der Waals surface area contributed by atoms with Crippen molar-refractivity contribution in [1.29, 1.82) is 0 Å². The molecule has 2 heterocycles. The second-order valence-electron chi connectivity index (χ2n) is 6.18. The fourth-order valence-corrected chi connectivity index (χ4v) is 4.30. The number of carbonyl (C=O) groups is 2. The lowest BCUT2D eigenvalue weighted by Crippen LogP contribution is -2.44. The van der Waals surface area contributed by atoms with Gasteiger partial charge in [-0.05, 0) is 25.7 Å². The van der Waals surface area contributed by atoms with Crippen LogP contribution in [0.5, 0.6) is 0 Å². The van der Waals surface area contributed by atoms with Gasteiger partial charge in [-0.1, -0.05) is 13.8 Å². The third-order valence-corrected chi connectivity index (χ3v) is 6.00. The summed E-state index contributed by atoms with van der Waals surface area (Å²) in [5.74, 6) is -2.33. The minimum Gasteiger partial charge on any atom is -0.480 e. The molecule has 0 bridgehead atoms. The average molecular weight is 358 g/mol. The van der Waals surface area contributed by atoms with E-state index in [1.807, 2.05) is 0 Å². The zero-order valence-corrected chi connectivity index (χ0v) is 14.7. The van der Waals surface area contributed by atoms with Crippen LogP contribution in [0.3, 0.4) is 0 Å². The fraction of sp³-hybridized carbons (Fsp3) is 0.600. The number of carboxylic acid groups (broad SMARTS) is 1. The predicted octanol–water partition coefficient (Wildman–Crippen LogP) is 1.21. The summed E-state index contributed by atoms with van der Waals surface area (Å²) >= 11 is 0. The lowest BCUT2D eigenvalue weighted by molar-refractivity contribution is -0.140. The van der Waals surface area contributed by atoms with Gasteiger partial charge in [-0.15, -0.1) is 0 Å². The quantitative estimate of drug-likeness (QED) is 0.789. The van der Waals surface area contributed by atoms with Crippen molar-refractivity contribution in [3.63, 3.8) is 0 Å². The van der Waals surface area contributed by atoms with Gasteiger partial charge in [0, 0.05) is 19.2 Å². The van der Waals surface area contributed by atoms with Crippen molar-refractivity contribution in [2.45, 2.75) is 44.6 Å². The van der Waals surface area contributed by atoms with Crippen LogP contribution in [0.2, 0.25) is 0 Å². The van der Waals surface area contributed by atoms with Gasteiger partial charge in [-0.3, -0.25) is 4.79 Å². The molecule has 0 aliphatic carbocycles. The Morgan fingerprint density at radius 3 is 2.38 bits per heavy atom. The van der Waals surface area contributed by atoms with Crippen molar-refractivity contribution in [3.8, 4) is 0 Å². The van der Waals surface area contributed by atoms with Gasteiger partial charge < -0.3 is 14.8 Å². The molecule has 1 aromatic rings. The molecule has 1 unspecified atom stereocenters. The second-order valence-corrected chi connectivity index (χ2v) is 8.08. The van der Waals surface area contributed by atoms with Gasteiger partial charge in [0.2, 0.25) is 10.0 Å². The van der Waals surface area contributed by atoms with E-state index in [0.29, 0.717) is 13.1 Å². The van der Waals surface area contributed by atoms with E-state index in [1.165, 1.54) is 11.2 Å². The molecular weight excluding hydrogens is 336 g/mol. The standard InChI is InChI=1S/C15H22N2O6S/c1-9(2)13(15(19)20)16-14(18)11-8-12(10(3)23-11)24(21,22)17-6-4-5-7-17/h8-9,13H,4-7H2,1-3H3,(H,16,18)(H,19,20). The molecule has 2 N–H and O–H groups in total. The number of carboxylic acids is 1. The lowest BCUT2D eigenvalue weighted by atomic mass is 10.0. The Hall–Kier alpha value is -1.87. The maximum absolute atomic E-state index is 12.6. The minimum absolute atomic E-state index is 0.0500. The van der Waals surface area contributed by atoms with Gasteiger partial charge in [0.15, 0.2) is 5.76 Å². The minimum atomic E-state index is -3.70. The molecule has 8 nitrogen and oxygen atoms in total. The van der Waals surface area contributed by atoms with Crippen molar-refractivity contribution in [3.05, 3.63) is 17.6 Å². The van der Waals surface area contributed by atoms with E-state index < -0.39 is 27.9 Å². The Morgan fingerprint density at radius 1 is 1.29 bits per heavy atom. The Morgan fingerprint density at radius 2 is 1.88 bits per heavy atom. The van der Waals surface area contributed by atoms with Crippen LogP contribution in [0.4, 0.5) is 0 Å². The first-order valence-corrected chi connectivity index (χ1v) is 9.23. The van der Waals surface area contributed by atoms with Gasteiger partial charge in [0.1, 0.15) is 16.7 Å². The number of nitrogens with zero attached hydrogens (tertiary/aromatic N) is 1. The van der Waals surface area contributed by atoms with Gasteiger partial charge >= 0.3 is 5.97 Å². The summed E-state index contributed by atoms with van der Waals surface area (Å²) in [5, 5.41) is 11.5. The molecule has 0 radical (unpaired) electrons. The Balaban J connectivity index is 2.25. The number of rotatable bonds is 6. The number of aliphatic carboxylic acids is 1. The number of furan rings is 1. The zero-order chi connectivity index (χ0) is 18.1. The molecule has 0 saturated carbocycles. The third-order valence-electron chi connectivity index (χ3n) is 4.00. The van der Waals surface area contributed by atoms with Crippen molar-refractivity contribution in [1.82, 2.24) is 9.62 Å². The molecule has 1 amide bonds. The summed E-state index contributed by atoms with van der Waals surface area (Å²) in [4.78, 5) is 23.3. The van der Waals surface area contributed by atoms with E-state index in [2.05, 4.69) is 5.32 Å². The van der Waals surface area contributed by atoms with Gasteiger partial charge in [-0.2, -0.15) is 4.31 Å². The maximum Gasteiger partial charge on any atom is 0.326 e. The Kier molecular flexibility index (Phi) is 5.34. The molecule has 1 atom stereocenters. The highest BCUT2D eigenvalue weighted by atomic mass is 32.2. The van der Waals surface area contributed by atoms with E-state index >= 15 is 0 Å². The van der Waals surface area contributed by atoms with Crippen molar-refractivity contribution >= 4 is 21.9 Å². The molecule has 134 valence electrons. The van der Waals surface area contributed by atoms with E-state index in [4.69, 9.17) is 9.52 Å². The first kappa shape index (κ1) is 18.5. The van der Waals surface area contributed by atoms with E-state index in [9.17, 15) is 18.0 Å². The average Bonchev–Trinajstić information content (AvgIpc) is 3.13. The molecule has 2 rings (SSSR count). The highest BCUT2D eigenvalue weighted by Gasteiger charge is 2.32. The van der Waals surface area contributed by atoms with Crippen molar-refractivity contribution < 1.29 is 27.5 Å². The number of sulfonamides is 1. The topological polar surface area (TPSA) is 117 Å². The van der Waals surface area contributed by atoms with Crippen LogP contribution in [0.1, 0.15) is 43.0 Å². The largest absolute Gasteiger partial charge is 0.480 e. The SMILES string of the molecule is Cc1oc(C(=O)NC(C(=O)O)C(C)C)cc1S(=O)(=O)N1CCCC1. The molecule has 1 fully saturated rings. The summed E-state index contributed by atoms with van der Waals surface area (Å²) in [7, 11) is -3.70. The molecule has 1 saturated heterocycles. The molecule has 9 heteroatoms. The van der Waals surface area contributed by atoms with E-state index in [0.717, 1.165) is 18.9 Å². The first-order valence-electron chi connectivity index (χ1n) is 7.79. The summed E-state index contributed by atoms with van der Waals surface area (Å²) in [6.45, 7) is 5.69. The highest BCUT2D eigenvalue weighted by molar-refractivity contribution is 7.89. The van der Waals surface area contributed by atoms with Crippen molar-refractivity contribution in [2.24, 2.45) is 5.92 Å². The molecule has 24 heavy (non-hydrogen) atoms. The Labute approximate surface area is 140 Å². The zero-order valence-electron chi connectivity index (χ0n) is 13.9. The van der Waals surface area contributed by atoms with Crippen LogP contribution in [0.15, 0.2) is 15.4 Å². The van der Waals surface area contributed by atoms with Gasteiger partial charge in [-0.25, -0.2) is 13.2 Å². The molecule has 1 aliphatic rings. The van der Waals surface area contributed by atoms with Gasteiger partial charge in [0.25, 0.3) is 5.91 Å². The number of aryl methyl sites for hydroxylation is 1. The first-order chi connectivity index (χ1) is 11.1. The number of nitrogens with one attached hydrogen (secondary N) is 1. The lowest BCUT2D eigenvalue weighted by Gasteiger charge is -2.16. The van der Waals surface area contributed by atoms with E-state index in [-0.39, 0.29) is 22.3 Å². The molecule has 0 spiro atoms. The monoisotopic (exact) mass is 358 g/mol. The number of amides is 1. The van der Waals surface area contributed by atoms with Crippen LogP contribution >= 0.6 is 0 Å². The molecular formula is C15H22N2O6S. The number of carbonyl (C=O) groups excluding carboxylic acids is 1. The second kappa shape index (κ2) is 6.94. The highest BCUT2D eigenvalue weighted by Crippen LogP contribution is 2.26. The summed E-state index contributed by atoms with van der Waals surface area (Å²) in [5.41, 5.74) is 0. The van der Waals surface area contributed by atoms with E-state index in [1.54, 1.807) is 13.8 Å². The maximum atomic E-state index is 12.6. The molecule has 1 aliphatic heterocycles. The van der Waals surface area contributed by atoms with Crippen molar-refractivity contribution in [2.75, 3.05) is 13.1 Å². The van der Waals surface area contributed by atoms with Crippen LogP contribution in [-0.2, 0) is 14.8 Å². The summed E-state index contributed by atoms with van der Waals surface area (Å²) < 4.78 is 31.8. The smallest absolute Gasteiger partial charge is 0.326 e. The summed E-state index contributed by atoms with van der Waals surface area (Å²) in [6.07, 6.45) is 1.61. The Bertz CT molecular complexity index is 731. The van der Waals surface area contributed by atoms with Gasteiger partial charge in [0.05, 0.1) is 0 Å². The number of hydrogen-bond acceptors (Lipinski definition) is 5. The molecule has 1 aromatic heterocycles. The number of hydrogen-bond donors (Lipinski definition) is 2. The third kappa shape index (κ3) is 3.62. The predicted molar refractivity (Wildman–Crippen MR) is 85.2 cm³/mol. The molecule has 0 aromatic carbocycles. The normalized spacial score (nSPS) is 17.2.